The van der Waals surface area contributed by atoms with Crippen LogP contribution in [0.1, 0.15) is 34.9 Å². The van der Waals surface area contributed by atoms with Crippen LogP contribution < -0.4 is 4.90 Å². The molecule has 122 valence electrons. The molecule has 0 atom stereocenters. The summed E-state index contributed by atoms with van der Waals surface area (Å²) in [7, 11) is 5.83. The van der Waals surface area contributed by atoms with Crippen molar-refractivity contribution >= 4 is 11.7 Å². The van der Waals surface area contributed by atoms with Crippen LogP contribution in [-0.2, 0) is 7.05 Å². The molecule has 7 nitrogen and oxygen atoms in total. The number of hydrogen-bond acceptors (Lipinski definition) is 5. The number of rotatable bonds is 3. The number of piperidine rings is 1. The molecule has 7 heteroatoms. The highest BCUT2D eigenvalue weighted by Gasteiger charge is 2.27. The average Bonchev–Trinajstić information content (AvgIpc) is 3.00. The summed E-state index contributed by atoms with van der Waals surface area (Å²) in [6.45, 7) is 1.48. The molecule has 2 aromatic heterocycles. The van der Waals surface area contributed by atoms with E-state index in [1.807, 2.05) is 47.6 Å². The molecule has 0 N–H and O–H groups in total. The number of hydrogen-bond donors (Lipinski definition) is 0. The van der Waals surface area contributed by atoms with E-state index in [-0.39, 0.29) is 5.91 Å². The lowest BCUT2D eigenvalue weighted by atomic mass is 9.95. The standard InChI is InChI=1S/C16H22N6O/c1-20(2)14-5-4-13(10-17-14)16(23)22-8-6-12(7-9-22)15-19-18-11-21(15)3/h4-5,10-12H,6-9H2,1-3H3. The molecule has 1 saturated heterocycles. The lowest BCUT2D eigenvalue weighted by Gasteiger charge is -2.31. The fraction of sp³-hybridized carbons (Fsp3) is 0.500. The summed E-state index contributed by atoms with van der Waals surface area (Å²) in [6.07, 6.45) is 5.22. The molecular formula is C16H22N6O. The fourth-order valence-electron chi connectivity index (χ4n) is 2.96. The first kappa shape index (κ1) is 15.5. The van der Waals surface area contributed by atoms with Crippen LogP contribution in [0.4, 0.5) is 5.82 Å². The molecule has 0 saturated carbocycles. The molecule has 1 amide bonds. The first-order valence-electron chi connectivity index (χ1n) is 7.83. The second-order valence-corrected chi connectivity index (χ2v) is 6.17. The molecule has 0 radical (unpaired) electrons. The number of amides is 1. The molecule has 23 heavy (non-hydrogen) atoms. The van der Waals surface area contributed by atoms with Gasteiger partial charge in [0.2, 0.25) is 0 Å². The van der Waals surface area contributed by atoms with Crippen LogP contribution in [0.15, 0.2) is 24.7 Å². The van der Waals surface area contributed by atoms with E-state index >= 15 is 0 Å². The molecule has 0 aromatic carbocycles. The van der Waals surface area contributed by atoms with Gasteiger partial charge in [-0.2, -0.15) is 0 Å². The van der Waals surface area contributed by atoms with Crippen molar-refractivity contribution in [1.29, 1.82) is 0 Å². The molecule has 1 aliphatic rings. The van der Waals surface area contributed by atoms with E-state index in [2.05, 4.69) is 15.2 Å². The molecule has 3 heterocycles. The van der Waals surface area contributed by atoms with Crippen LogP contribution in [0.3, 0.4) is 0 Å². The summed E-state index contributed by atoms with van der Waals surface area (Å²) in [5.41, 5.74) is 0.646. The molecule has 0 spiro atoms. The summed E-state index contributed by atoms with van der Waals surface area (Å²) >= 11 is 0. The molecular weight excluding hydrogens is 292 g/mol. The van der Waals surface area contributed by atoms with Crippen molar-refractivity contribution < 1.29 is 4.79 Å². The summed E-state index contributed by atoms with van der Waals surface area (Å²) in [6, 6.07) is 3.72. The van der Waals surface area contributed by atoms with Crippen LogP contribution in [0, 0.1) is 0 Å². The highest BCUT2D eigenvalue weighted by atomic mass is 16.2. The molecule has 2 aromatic rings. The average molecular weight is 314 g/mol. The zero-order chi connectivity index (χ0) is 16.4. The molecule has 1 fully saturated rings. The highest BCUT2D eigenvalue weighted by molar-refractivity contribution is 5.94. The molecule has 3 rings (SSSR count). The van der Waals surface area contributed by atoms with Gasteiger partial charge in [-0.1, -0.05) is 0 Å². The normalized spacial score (nSPS) is 15.7. The fourth-order valence-corrected chi connectivity index (χ4v) is 2.96. The minimum absolute atomic E-state index is 0.0548. The maximum Gasteiger partial charge on any atom is 0.255 e. The lowest BCUT2D eigenvalue weighted by molar-refractivity contribution is 0.0710. The SMILES string of the molecule is CN(C)c1ccc(C(=O)N2CCC(c3nncn3C)CC2)cn1. The summed E-state index contributed by atoms with van der Waals surface area (Å²) in [5.74, 6) is 2.29. The maximum atomic E-state index is 12.6. The molecule has 0 unspecified atom stereocenters. The number of aryl methyl sites for hydroxylation is 1. The number of anilines is 1. The van der Waals surface area contributed by atoms with Gasteiger partial charge < -0.3 is 14.4 Å². The largest absolute Gasteiger partial charge is 0.363 e. The van der Waals surface area contributed by atoms with Gasteiger partial charge in [0.25, 0.3) is 5.91 Å². The summed E-state index contributed by atoms with van der Waals surface area (Å²) < 4.78 is 1.96. The van der Waals surface area contributed by atoms with Gasteiger partial charge in [-0.25, -0.2) is 4.98 Å². The van der Waals surface area contributed by atoms with E-state index in [1.54, 1.807) is 12.5 Å². The van der Waals surface area contributed by atoms with Gasteiger partial charge in [-0.3, -0.25) is 4.79 Å². The Morgan fingerprint density at radius 2 is 2.00 bits per heavy atom. The van der Waals surface area contributed by atoms with E-state index in [9.17, 15) is 4.79 Å². The predicted molar refractivity (Wildman–Crippen MR) is 87.4 cm³/mol. The topological polar surface area (TPSA) is 67.2 Å². The third-order valence-electron chi connectivity index (χ3n) is 4.35. The first-order valence-corrected chi connectivity index (χ1v) is 7.83. The van der Waals surface area contributed by atoms with E-state index < -0.39 is 0 Å². The van der Waals surface area contributed by atoms with Gasteiger partial charge >= 0.3 is 0 Å². The van der Waals surface area contributed by atoms with E-state index in [4.69, 9.17) is 0 Å². The summed E-state index contributed by atoms with van der Waals surface area (Å²) in [4.78, 5) is 20.7. The van der Waals surface area contributed by atoms with Crippen LogP contribution in [0.2, 0.25) is 0 Å². The Bertz CT molecular complexity index is 670. The Labute approximate surface area is 135 Å². The van der Waals surface area contributed by atoms with Crippen LogP contribution in [0.25, 0.3) is 0 Å². The van der Waals surface area contributed by atoms with E-state index in [1.165, 1.54) is 0 Å². The Morgan fingerprint density at radius 3 is 2.52 bits per heavy atom. The second kappa shape index (κ2) is 6.36. The van der Waals surface area contributed by atoms with Crippen molar-refractivity contribution in [3.63, 3.8) is 0 Å². The minimum Gasteiger partial charge on any atom is -0.363 e. The van der Waals surface area contributed by atoms with Crippen LogP contribution in [-0.4, -0.2) is 57.7 Å². The molecule has 0 aliphatic carbocycles. The first-order chi connectivity index (χ1) is 11.1. The van der Waals surface area contributed by atoms with Crippen molar-refractivity contribution in [1.82, 2.24) is 24.6 Å². The Kier molecular flexibility index (Phi) is 4.27. The van der Waals surface area contributed by atoms with E-state index in [0.29, 0.717) is 11.5 Å². The van der Waals surface area contributed by atoms with Crippen LogP contribution >= 0.6 is 0 Å². The number of likely N-dealkylation sites (tertiary alicyclic amines) is 1. The molecule has 1 aliphatic heterocycles. The van der Waals surface area contributed by atoms with E-state index in [0.717, 1.165) is 37.6 Å². The smallest absolute Gasteiger partial charge is 0.255 e. The van der Waals surface area contributed by atoms with Gasteiger partial charge in [-0.05, 0) is 25.0 Å². The van der Waals surface area contributed by atoms with Gasteiger partial charge in [0.1, 0.15) is 18.0 Å². The van der Waals surface area contributed by atoms with Crippen molar-refractivity contribution in [3.05, 3.63) is 36.0 Å². The van der Waals surface area contributed by atoms with Gasteiger partial charge in [-0.15, -0.1) is 10.2 Å². The number of pyridine rings is 1. The van der Waals surface area contributed by atoms with Crippen molar-refractivity contribution in [2.24, 2.45) is 7.05 Å². The second-order valence-electron chi connectivity index (χ2n) is 6.17. The van der Waals surface area contributed by atoms with Crippen molar-refractivity contribution in [3.8, 4) is 0 Å². The van der Waals surface area contributed by atoms with Gasteiger partial charge in [0.05, 0.1) is 5.56 Å². The maximum absolute atomic E-state index is 12.6. The lowest BCUT2D eigenvalue weighted by Crippen LogP contribution is -2.38. The Balaban J connectivity index is 1.63. The number of aromatic nitrogens is 4. The van der Waals surface area contributed by atoms with Gasteiger partial charge in [0, 0.05) is 46.3 Å². The quantitative estimate of drug-likeness (QED) is 0.854. The van der Waals surface area contributed by atoms with Crippen LogP contribution in [0.5, 0.6) is 0 Å². The Hall–Kier alpha value is -2.44. The third-order valence-corrected chi connectivity index (χ3v) is 4.35. The number of nitrogens with zero attached hydrogens (tertiary/aromatic N) is 6. The minimum atomic E-state index is 0.0548. The number of carbonyl (C=O) groups excluding carboxylic acids is 1. The zero-order valence-electron chi connectivity index (χ0n) is 13.8. The monoisotopic (exact) mass is 314 g/mol. The predicted octanol–water partition coefficient (Wildman–Crippen LogP) is 1.30. The van der Waals surface area contributed by atoms with Gasteiger partial charge in [0.15, 0.2) is 0 Å². The van der Waals surface area contributed by atoms with Crippen molar-refractivity contribution in [2.75, 3.05) is 32.1 Å². The summed E-state index contributed by atoms with van der Waals surface area (Å²) in [5, 5.41) is 8.13. The zero-order valence-corrected chi connectivity index (χ0v) is 13.8. The van der Waals surface area contributed by atoms with Crippen molar-refractivity contribution in [2.45, 2.75) is 18.8 Å². The Morgan fingerprint density at radius 1 is 1.26 bits per heavy atom. The molecule has 0 bridgehead atoms. The number of carbonyl (C=O) groups is 1. The highest BCUT2D eigenvalue weighted by Crippen LogP contribution is 2.26. The third kappa shape index (κ3) is 3.18.